The van der Waals surface area contributed by atoms with Gasteiger partial charge in [-0.3, -0.25) is 9.59 Å². The minimum Gasteiger partial charge on any atom is -0.453 e. The number of imidazole rings is 2. The highest BCUT2D eigenvalue weighted by Gasteiger charge is 2.39. The van der Waals surface area contributed by atoms with Gasteiger partial charge in [0.25, 0.3) is 11.8 Å². The summed E-state index contributed by atoms with van der Waals surface area (Å²) < 4.78 is 10.1. The maximum atomic E-state index is 13.8. The van der Waals surface area contributed by atoms with Crippen LogP contribution in [0.3, 0.4) is 0 Å². The summed E-state index contributed by atoms with van der Waals surface area (Å²) in [7, 11) is 1.28. The molecule has 0 unspecified atom stereocenters. The Morgan fingerprint density at radius 1 is 0.782 bits per heavy atom. The molecule has 0 spiro atoms. The Balaban J connectivity index is 0.971. The molecule has 0 radical (unpaired) electrons. The molecule has 55 heavy (non-hydrogen) atoms. The number of aromatic nitrogens is 4. The number of nitrogens with one attached hydrogen (secondary N) is 3. The minimum absolute atomic E-state index is 0.207. The van der Waals surface area contributed by atoms with Crippen molar-refractivity contribution in [2.45, 2.75) is 62.8 Å². The predicted molar refractivity (Wildman–Crippen MR) is 202 cm³/mol. The molecule has 284 valence electrons. The summed E-state index contributed by atoms with van der Waals surface area (Å²) >= 11 is 0. The van der Waals surface area contributed by atoms with Crippen molar-refractivity contribution in [2.75, 3.05) is 20.2 Å². The molecule has 7 rings (SSSR count). The lowest BCUT2D eigenvalue weighted by molar-refractivity contribution is -0.141. The van der Waals surface area contributed by atoms with E-state index in [0.717, 1.165) is 60.4 Å². The zero-order chi connectivity index (χ0) is 38.3. The zero-order valence-corrected chi connectivity index (χ0v) is 30.5. The van der Waals surface area contributed by atoms with Crippen LogP contribution in [-0.2, 0) is 31.9 Å². The van der Waals surface area contributed by atoms with E-state index < -0.39 is 24.3 Å². The first-order chi connectivity index (χ1) is 26.8. The molecule has 4 heterocycles. The fourth-order valence-electron chi connectivity index (χ4n) is 7.51. The number of ether oxygens (including phenoxy) is 2. The molecule has 14 nitrogen and oxygen atoms in total. The standard InChI is InChI=1S/C41H44N8O6/c1-54-41(53)47-34(28-10-4-2-5-11-28)38(50)48-22-8-14-32(48)36-43-24-30(45-36)21-18-26-16-19-27(20-17-26)31-25-44-37(46-31)33-15-9-23-49(33)39(51)35(55-40(42)52)29-12-6-3-7-13-29/h2-7,10-13,16-17,19-20,24-25,32-35H,8-9,14-15,18,21-23H2,1H3,(H2,42,52)(H,43,45)(H,44,46)(H,47,53)/t32-,33-,34+,35+/m0/s1. The summed E-state index contributed by atoms with van der Waals surface area (Å²) in [5.74, 6) is 0.858. The molecule has 2 saturated heterocycles. The fraction of sp³-hybridized carbons (Fsp3) is 0.317. The molecule has 5 aromatic rings. The second-order valence-corrected chi connectivity index (χ2v) is 13.7. The van der Waals surface area contributed by atoms with E-state index in [0.29, 0.717) is 36.5 Å². The molecule has 2 fully saturated rings. The number of nitrogens with zero attached hydrogens (tertiary/aromatic N) is 4. The molecule has 2 aliphatic heterocycles. The predicted octanol–water partition coefficient (Wildman–Crippen LogP) is 5.85. The summed E-state index contributed by atoms with van der Waals surface area (Å²) in [6.07, 6.45) is 5.50. The van der Waals surface area contributed by atoms with E-state index in [4.69, 9.17) is 25.2 Å². The molecular formula is C41H44N8O6. The smallest absolute Gasteiger partial charge is 0.407 e. The van der Waals surface area contributed by atoms with Crippen molar-refractivity contribution in [1.82, 2.24) is 35.1 Å². The number of rotatable bonds is 12. The topological polar surface area (TPSA) is 189 Å². The number of likely N-dealkylation sites (tertiary alicyclic amines) is 2. The number of carbonyl (C=O) groups excluding carboxylic acids is 4. The first-order valence-corrected chi connectivity index (χ1v) is 18.5. The van der Waals surface area contributed by atoms with E-state index in [1.165, 1.54) is 7.11 Å². The van der Waals surface area contributed by atoms with Crippen molar-refractivity contribution >= 4 is 24.0 Å². The second kappa shape index (κ2) is 16.7. The van der Waals surface area contributed by atoms with Crippen molar-refractivity contribution in [3.8, 4) is 11.3 Å². The first-order valence-electron chi connectivity index (χ1n) is 18.5. The van der Waals surface area contributed by atoms with Crippen molar-refractivity contribution in [3.05, 3.63) is 131 Å². The number of benzene rings is 3. The quantitative estimate of drug-likeness (QED) is 0.122. The van der Waals surface area contributed by atoms with Crippen LogP contribution in [0.15, 0.2) is 97.3 Å². The average molecular weight is 745 g/mol. The lowest BCUT2D eigenvalue weighted by Gasteiger charge is -2.28. The molecule has 0 saturated carbocycles. The van der Waals surface area contributed by atoms with Gasteiger partial charge in [0.2, 0.25) is 6.10 Å². The third kappa shape index (κ3) is 8.38. The van der Waals surface area contributed by atoms with Crippen LogP contribution in [0.5, 0.6) is 0 Å². The molecule has 4 atom stereocenters. The van der Waals surface area contributed by atoms with Gasteiger partial charge in [-0.25, -0.2) is 19.6 Å². The monoisotopic (exact) mass is 744 g/mol. The van der Waals surface area contributed by atoms with Crippen molar-refractivity contribution in [1.29, 1.82) is 0 Å². The Hall–Kier alpha value is -6.44. The van der Waals surface area contributed by atoms with Crippen molar-refractivity contribution < 1.29 is 28.7 Å². The number of primary amides is 1. The van der Waals surface area contributed by atoms with Crippen molar-refractivity contribution in [3.63, 3.8) is 0 Å². The summed E-state index contributed by atoms with van der Waals surface area (Å²) in [4.78, 5) is 71.2. The molecule has 4 amide bonds. The first kappa shape index (κ1) is 36.9. The molecule has 5 N–H and O–H groups in total. The number of carbonyl (C=O) groups is 4. The second-order valence-electron chi connectivity index (χ2n) is 13.7. The van der Waals surface area contributed by atoms with E-state index >= 15 is 0 Å². The molecular weight excluding hydrogens is 701 g/mol. The van der Waals surface area contributed by atoms with Crippen LogP contribution in [-0.4, -0.2) is 73.9 Å². The van der Waals surface area contributed by atoms with Crippen LogP contribution in [0.25, 0.3) is 11.3 Å². The van der Waals surface area contributed by atoms with E-state index in [2.05, 4.69) is 27.4 Å². The van der Waals surface area contributed by atoms with Crippen LogP contribution in [0, 0.1) is 0 Å². The summed E-state index contributed by atoms with van der Waals surface area (Å²) in [6.45, 7) is 1.07. The number of hydrogen-bond acceptors (Lipinski definition) is 8. The molecule has 2 aromatic heterocycles. The van der Waals surface area contributed by atoms with Gasteiger partial charge in [0.15, 0.2) is 0 Å². The SMILES string of the molecule is COC(=O)N[C@@H](C(=O)N1CCC[C@H]1c1nc(CCc2ccc(-c3c[nH]c([C@@H]4CCCN4C(=O)[C@H](OC(N)=O)c4ccccc4)n3)cc2)c[nH]1)c1ccccc1. The number of hydrogen-bond donors (Lipinski definition) is 4. The highest BCUT2D eigenvalue weighted by atomic mass is 16.6. The number of methoxy groups -OCH3 is 1. The summed E-state index contributed by atoms with van der Waals surface area (Å²) in [5.41, 5.74) is 10.3. The third-order valence-corrected chi connectivity index (χ3v) is 10.3. The van der Waals surface area contributed by atoms with E-state index in [1.54, 1.807) is 34.1 Å². The average Bonchev–Trinajstić information content (AvgIpc) is 4.06. The number of aromatic amines is 2. The number of amides is 4. The maximum Gasteiger partial charge on any atom is 0.407 e. The largest absolute Gasteiger partial charge is 0.453 e. The number of H-pyrrole nitrogens is 2. The number of aryl methyl sites for hydroxylation is 2. The number of nitrogens with two attached hydrogens (primary N) is 1. The lowest BCUT2D eigenvalue weighted by atomic mass is 10.0. The molecule has 3 aromatic carbocycles. The van der Waals surface area contributed by atoms with Crippen LogP contribution in [0.1, 0.15) is 83.9 Å². The zero-order valence-electron chi connectivity index (χ0n) is 30.5. The molecule has 0 bridgehead atoms. The van der Waals surface area contributed by atoms with Gasteiger partial charge >= 0.3 is 12.2 Å². The van der Waals surface area contributed by atoms with Crippen LogP contribution in [0.2, 0.25) is 0 Å². The van der Waals surface area contributed by atoms with Gasteiger partial charge < -0.3 is 40.3 Å². The van der Waals surface area contributed by atoms with E-state index in [-0.39, 0.29) is 23.9 Å². The van der Waals surface area contributed by atoms with Gasteiger partial charge in [-0.05, 0) is 49.7 Å². The number of alkyl carbamates (subject to hydrolysis) is 1. The van der Waals surface area contributed by atoms with Crippen LogP contribution < -0.4 is 11.1 Å². The Morgan fingerprint density at radius 3 is 2.02 bits per heavy atom. The highest BCUT2D eigenvalue weighted by molar-refractivity contribution is 5.87. The van der Waals surface area contributed by atoms with Crippen LogP contribution >= 0.6 is 0 Å². The Bertz CT molecular complexity index is 2100. The fourth-order valence-corrected chi connectivity index (χ4v) is 7.51. The Kier molecular flexibility index (Phi) is 11.2. The van der Waals surface area contributed by atoms with Gasteiger partial charge in [-0.15, -0.1) is 0 Å². The molecule has 14 heteroatoms. The minimum atomic E-state index is -1.13. The maximum absolute atomic E-state index is 13.8. The van der Waals surface area contributed by atoms with Crippen molar-refractivity contribution in [2.24, 2.45) is 5.73 Å². The van der Waals surface area contributed by atoms with Crippen LogP contribution in [0.4, 0.5) is 9.59 Å². The molecule has 0 aliphatic carbocycles. The lowest BCUT2D eigenvalue weighted by Crippen LogP contribution is -2.42. The Morgan fingerprint density at radius 2 is 1.38 bits per heavy atom. The van der Waals surface area contributed by atoms with E-state index in [9.17, 15) is 19.2 Å². The third-order valence-electron chi connectivity index (χ3n) is 10.3. The van der Waals surface area contributed by atoms with E-state index in [1.807, 2.05) is 60.9 Å². The van der Waals surface area contributed by atoms with Gasteiger partial charge in [-0.1, -0.05) is 84.9 Å². The van der Waals surface area contributed by atoms with Gasteiger partial charge in [0.1, 0.15) is 17.7 Å². The summed E-state index contributed by atoms with van der Waals surface area (Å²) in [6, 6.07) is 24.8. The Labute approximate surface area is 318 Å². The van der Waals surface area contributed by atoms with Gasteiger partial charge in [0.05, 0.1) is 30.6 Å². The van der Waals surface area contributed by atoms with Gasteiger partial charge in [0, 0.05) is 36.6 Å². The molecule has 2 aliphatic rings. The summed E-state index contributed by atoms with van der Waals surface area (Å²) in [5, 5.41) is 2.70. The highest BCUT2D eigenvalue weighted by Crippen LogP contribution is 2.36. The van der Waals surface area contributed by atoms with Gasteiger partial charge in [-0.2, -0.15) is 0 Å². The normalized spacial score (nSPS) is 17.8.